The maximum Gasteiger partial charge on any atom is 0.195 e. The van der Waals surface area contributed by atoms with Crippen LogP contribution in [-0.4, -0.2) is 12.7 Å². The highest BCUT2D eigenvalue weighted by Crippen LogP contribution is 2.46. The lowest BCUT2D eigenvalue weighted by Crippen LogP contribution is -2.35. The molecule has 0 aliphatic carbocycles. The molecule has 5 rings (SSSR count). The van der Waals surface area contributed by atoms with Crippen LogP contribution in [0.25, 0.3) is 17.2 Å². The highest BCUT2D eigenvalue weighted by Gasteiger charge is 2.48. The molecular weight excluding hydrogens is 344 g/mol. The Labute approximate surface area is 166 Å². The molecule has 2 saturated heterocycles. The smallest absolute Gasteiger partial charge is 0.195 e. The predicted octanol–water partition coefficient (Wildman–Crippen LogP) is 6.05. The summed E-state index contributed by atoms with van der Waals surface area (Å²) in [6.07, 6.45) is 6.65. The highest BCUT2D eigenvalue weighted by molar-refractivity contribution is 5.67. The number of fused-ring (bicyclic) bond motifs is 2. The highest BCUT2D eigenvalue weighted by atomic mass is 16.7. The summed E-state index contributed by atoms with van der Waals surface area (Å²) < 4.78 is 12.4. The van der Waals surface area contributed by atoms with Gasteiger partial charge in [0.1, 0.15) is 0 Å². The van der Waals surface area contributed by atoms with Gasteiger partial charge in [0.05, 0.1) is 12.7 Å². The average Bonchev–Trinajstić information content (AvgIpc) is 3.09. The second-order valence-electron chi connectivity index (χ2n) is 7.72. The van der Waals surface area contributed by atoms with Gasteiger partial charge < -0.3 is 9.47 Å². The van der Waals surface area contributed by atoms with Crippen molar-refractivity contribution in [2.24, 2.45) is 5.92 Å². The topological polar surface area (TPSA) is 18.5 Å². The minimum Gasteiger partial charge on any atom is -0.343 e. The van der Waals surface area contributed by atoms with Crippen LogP contribution in [0.3, 0.4) is 0 Å². The SMILES string of the molecule is C(=C\[C@@H]1C[C@H]2CO[C@@](c3ccccc3)(C1)O2)/c1cccc(-c2ccccc2)c1. The quantitative estimate of drug-likeness (QED) is 0.558. The molecule has 0 unspecified atom stereocenters. The number of hydrogen-bond acceptors (Lipinski definition) is 2. The van der Waals surface area contributed by atoms with E-state index in [1.54, 1.807) is 0 Å². The molecule has 2 heterocycles. The lowest BCUT2D eigenvalue weighted by atomic mass is 9.87. The van der Waals surface area contributed by atoms with E-state index in [0.29, 0.717) is 12.5 Å². The van der Waals surface area contributed by atoms with Crippen molar-refractivity contribution in [2.75, 3.05) is 6.61 Å². The summed E-state index contributed by atoms with van der Waals surface area (Å²) in [7, 11) is 0. The van der Waals surface area contributed by atoms with E-state index in [2.05, 4.69) is 91.0 Å². The molecule has 0 radical (unpaired) electrons. The van der Waals surface area contributed by atoms with Gasteiger partial charge in [-0.2, -0.15) is 0 Å². The Bertz CT molecular complexity index is 964. The van der Waals surface area contributed by atoms with Crippen molar-refractivity contribution in [1.29, 1.82) is 0 Å². The van der Waals surface area contributed by atoms with Crippen molar-refractivity contribution in [2.45, 2.75) is 24.7 Å². The number of rotatable bonds is 4. The Hall–Kier alpha value is -2.68. The molecule has 3 atom stereocenters. The summed E-state index contributed by atoms with van der Waals surface area (Å²) >= 11 is 0. The second-order valence-corrected chi connectivity index (χ2v) is 7.72. The molecule has 3 aromatic rings. The normalized spacial score (nSPS) is 26.6. The Kier molecular flexibility index (Phi) is 4.59. The van der Waals surface area contributed by atoms with Crippen LogP contribution >= 0.6 is 0 Å². The number of benzene rings is 3. The molecular formula is C26H24O2. The third-order valence-corrected chi connectivity index (χ3v) is 5.72. The summed E-state index contributed by atoms with van der Waals surface area (Å²) in [4.78, 5) is 0. The van der Waals surface area contributed by atoms with Crippen LogP contribution in [0.1, 0.15) is 24.0 Å². The van der Waals surface area contributed by atoms with E-state index in [-0.39, 0.29) is 6.10 Å². The lowest BCUT2D eigenvalue weighted by molar-refractivity contribution is -0.204. The molecule has 0 spiro atoms. The average molecular weight is 368 g/mol. The molecule has 3 aromatic carbocycles. The minimum atomic E-state index is -0.578. The fourth-order valence-electron chi connectivity index (χ4n) is 4.36. The van der Waals surface area contributed by atoms with Crippen LogP contribution in [0.4, 0.5) is 0 Å². The Balaban J connectivity index is 1.36. The third kappa shape index (κ3) is 3.42. The van der Waals surface area contributed by atoms with Gasteiger partial charge in [0.25, 0.3) is 0 Å². The monoisotopic (exact) mass is 368 g/mol. The van der Waals surface area contributed by atoms with E-state index in [0.717, 1.165) is 18.4 Å². The Morgan fingerprint density at radius 2 is 1.57 bits per heavy atom. The molecule has 2 fully saturated rings. The minimum absolute atomic E-state index is 0.180. The molecule has 2 bridgehead atoms. The number of hydrogen-bond donors (Lipinski definition) is 0. The van der Waals surface area contributed by atoms with Crippen molar-refractivity contribution in [3.05, 3.63) is 102 Å². The van der Waals surface area contributed by atoms with Gasteiger partial charge in [-0.1, -0.05) is 91.0 Å². The van der Waals surface area contributed by atoms with Gasteiger partial charge in [-0.3, -0.25) is 0 Å². The standard InChI is InChI=1S/C26H24O2/c1-3-9-22(10-4-1)23-11-7-8-20(16-23)14-15-21-17-25-19-27-26(18-21,28-25)24-12-5-2-6-13-24/h1-16,21,25H,17-19H2/b15-14+/t21-,25+,26+/m1/s1. The first-order valence-corrected chi connectivity index (χ1v) is 10.0. The van der Waals surface area contributed by atoms with Crippen molar-refractivity contribution >= 4 is 6.08 Å². The van der Waals surface area contributed by atoms with Crippen LogP contribution in [0, 0.1) is 5.92 Å². The first kappa shape index (κ1) is 17.4. The van der Waals surface area contributed by atoms with E-state index >= 15 is 0 Å². The molecule has 0 saturated carbocycles. The largest absolute Gasteiger partial charge is 0.343 e. The number of allylic oxidation sites excluding steroid dienone is 1. The van der Waals surface area contributed by atoms with Crippen LogP contribution < -0.4 is 0 Å². The van der Waals surface area contributed by atoms with E-state index in [9.17, 15) is 0 Å². The molecule has 28 heavy (non-hydrogen) atoms. The van der Waals surface area contributed by atoms with Crippen LogP contribution in [0.2, 0.25) is 0 Å². The van der Waals surface area contributed by atoms with E-state index in [1.807, 2.05) is 6.07 Å². The maximum atomic E-state index is 6.27. The Morgan fingerprint density at radius 3 is 2.39 bits per heavy atom. The first-order chi connectivity index (χ1) is 13.8. The number of ether oxygens (including phenoxy) is 2. The molecule has 0 aromatic heterocycles. The fraction of sp³-hybridized carbons (Fsp3) is 0.231. The Morgan fingerprint density at radius 1 is 0.821 bits per heavy atom. The molecule has 0 amide bonds. The molecule has 2 heteroatoms. The molecule has 2 aliphatic heterocycles. The maximum absolute atomic E-state index is 6.27. The second kappa shape index (κ2) is 7.38. The van der Waals surface area contributed by atoms with Gasteiger partial charge in [0.2, 0.25) is 0 Å². The molecule has 2 aliphatic rings. The fourth-order valence-corrected chi connectivity index (χ4v) is 4.36. The van der Waals surface area contributed by atoms with Crippen molar-refractivity contribution in [1.82, 2.24) is 0 Å². The first-order valence-electron chi connectivity index (χ1n) is 10.0. The summed E-state index contributed by atoms with van der Waals surface area (Å²) in [6.45, 7) is 0.683. The van der Waals surface area contributed by atoms with Crippen LogP contribution in [-0.2, 0) is 15.3 Å². The van der Waals surface area contributed by atoms with Gasteiger partial charge in [0.15, 0.2) is 5.79 Å². The summed E-state index contributed by atoms with van der Waals surface area (Å²) in [5.41, 5.74) is 4.86. The third-order valence-electron chi connectivity index (χ3n) is 5.72. The summed E-state index contributed by atoms with van der Waals surface area (Å²) in [5.74, 6) is -0.132. The van der Waals surface area contributed by atoms with Crippen LogP contribution in [0.5, 0.6) is 0 Å². The molecule has 2 nitrogen and oxygen atoms in total. The summed E-state index contributed by atoms with van der Waals surface area (Å²) in [6, 6.07) is 29.6. The van der Waals surface area contributed by atoms with Crippen molar-refractivity contribution in [3.8, 4) is 11.1 Å². The predicted molar refractivity (Wildman–Crippen MR) is 113 cm³/mol. The van der Waals surface area contributed by atoms with E-state index < -0.39 is 5.79 Å². The van der Waals surface area contributed by atoms with Crippen molar-refractivity contribution < 1.29 is 9.47 Å². The lowest BCUT2D eigenvalue weighted by Gasteiger charge is -2.35. The van der Waals surface area contributed by atoms with Gasteiger partial charge in [-0.25, -0.2) is 0 Å². The van der Waals surface area contributed by atoms with E-state index in [4.69, 9.17) is 9.47 Å². The molecule has 0 N–H and O–H groups in total. The van der Waals surface area contributed by atoms with Crippen LogP contribution in [0.15, 0.2) is 91.0 Å². The van der Waals surface area contributed by atoms with E-state index in [1.165, 1.54) is 16.7 Å². The summed E-state index contributed by atoms with van der Waals surface area (Å²) in [5, 5.41) is 0. The molecule has 140 valence electrons. The zero-order valence-corrected chi connectivity index (χ0v) is 15.8. The van der Waals surface area contributed by atoms with Crippen molar-refractivity contribution in [3.63, 3.8) is 0 Å². The van der Waals surface area contributed by atoms with Gasteiger partial charge in [-0.15, -0.1) is 0 Å². The van der Waals surface area contributed by atoms with Gasteiger partial charge >= 0.3 is 0 Å². The zero-order chi connectivity index (χ0) is 18.8. The van der Waals surface area contributed by atoms with Gasteiger partial charge in [0, 0.05) is 12.0 Å². The van der Waals surface area contributed by atoms with Gasteiger partial charge in [-0.05, 0) is 35.1 Å². The zero-order valence-electron chi connectivity index (χ0n) is 15.8.